The largest absolute Gasteiger partial charge is 0.497 e. The monoisotopic (exact) mass is 516 g/mol. The summed E-state index contributed by atoms with van der Waals surface area (Å²) in [5, 5.41) is 0.272. The molecule has 8 heteroatoms. The second kappa shape index (κ2) is 10.1. The van der Waals surface area contributed by atoms with E-state index >= 15 is 0 Å². The van der Waals surface area contributed by atoms with Crippen molar-refractivity contribution < 1.29 is 32.9 Å². The van der Waals surface area contributed by atoms with Gasteiger partial charge in [0.15, 0.2) is 11.5 Å². The molecule has 0 aliphatic carbocycles. The quantitative estimate of drug-likeness (QED) is 0.228. The number of esters is 1. The van der Waals surface area contributed by atoms with Gasteiger partial charge in [-0.2, -0.15) is 0 Å². The van der Waals surface area contributed by atoms with Crippen molar-refractivity contribution in [1.82, 2.24) is 0 Å². The third-order valence-corrected chi connectivity index (χ3v) is 6.53. The molecule has 196 valence electrons. The highest BCUT2D eigenvalue weighted by Gasteiger charge is 2.34. The fourth-order valence-corrected chi connectivity index (χ4v) is 4.79. The van der Waals surface area contributed by atoms with Crippen LogP contribution in [-0.2, 0) is 4.79 Å². The van der Waals surface area contributed by atoms with Crippen molar-refractivity contribution in [1.29, 1.82) is 0 Å². The maximum atomic E-state index is 13.8. The van der Waals surface area contributed by atoms with Gasteiger partial charge in [-0.25, -0.2) is 0 Å². The molecule has 3 aromatic carbocycles. The molecule has 0 unspecified atom stereocenters. The predicted molar refractivity (Wildman–Crippen MR) is 142 cm³/mol. The van der Waals surface area contributed by atoms with Gasteiger partial charge in [0, 0.05) is 17.5 Å². The molecule has 38 heavy (non-hydrogen) atoms. The summed E-state index contributed by atoms with van der Waals surface area (Å²) in [7, 11) is 4.60. The van der Waals surface area contributed by atoms with Crippen molar-refractivity contribution in [2.75, 3.05) is 21.3 Å². The van der Waals surface area contributed by atoms with E-state index in [9.17, 15) is 9.59 Å². The normalized spacial score (nSPS) is 14.7. The molecular formula is C30H28O8. The lowest BCUT2D eigenvalue weighted by molar-refractivity contribution is -0.135. The smallest absolute Gasteiger partial charge is 0.312 e. The second-order valence-electron chi connectivity index (χ2n) is 9.21. The highest BCUT2D eigenvalue weighted by molar-refractivity contribution is 5.94. The van der Waals surface area contributed by atoms with Gasteiger partial charge in [0.1, 0.15) is 34.5 Å². The molecule has 2 heterocycles. The number of carbonyl (C=O) groups excluding carboxylic acids is 1. The molecular weight excluding hydrogens is 488 g/mol. The van der Waals surface area contributed by atoms with E-state index in [1.807, 2.05) is 32.0 Å². The lowest BCUT2D eigenvalue weighted by Crippen LogP contribution is -2.22. The van der Waals surface area contributed by atoms with Gasteiger partial charge in [0.25, 0.3) is 0 Å². The molecule has 0 spiro atoms. The predicted octanol–water partition coefficient (Wildman–Crippen LogP) is 5.71. The molecule has 1 aliphatic rings. The second-order valence-corrected chi connectivity index (χ2v) is 9.21. The summed E-state index contributed by atoms with van der Waals surface area (Å²) in [6.07, 6.45) is 1.46. The summed E-state index contributed by atoms with van der Waals surface area (Å²) < 4.78 is 33.9. The Kier molecular flexibility index (Phi) is 6.72. The number of fused-ring (bicyclic) bond motifs is 3. The number of ether oxygens (including phenoxy) is 5. The first-order valence-corrected chi connectivity index (χ1v) is 12.2. The van der Waals surface area contributed by atoms with Crippen LogP contribution >= 0.6 is 0 Å². The van der Waals surface area contributed by atoms with Crippen molar-refractivity contribution in [3.63, 3.8) is 0 Å². The zero-order valence-corrected chi connectivity index (χ0v) is 21.8. The summed E-state index contributed by atoms with van der Waals surface area (Å²) >= 11 is 0. The van der Waals surface area contributed by atoms with Crippen LogP contribution in [0.25, 0.3) is 22.1 Å². The van der Waals surface area contributed by atoms with Gasteiger partial charge in [-0.05, 0) is 49.2 Å². The molecule has 1 atom stereocenters. The highest BCUT2D eigenvalue weighted by Crippen LogP contribution is 2.47. The van der Waals surface area contributed by atoms with Crippen molar-refractivity contribution in [2.24, 2.45) is 0 Å². The summed E-state index contributed by atoms with van der Waals surface area (Å²) in [6, 6.07) is 14.2. The Hall–Kier alpha value is -4.46. The Labute approximate surface area is 219 Å². The van der Waals surface area contributed by atoms with Crippen LogP contribution in [0.3, 0.4) is 0 Å². The zero-order valence-electron chi connectivity index (χ0n) is 21.8. The Morgan fingerprint density at radius 2 is 1.61 bits per heavy atom. The van der Waals surface area contributed by atoms with E-state index in [0.717, 1.165) is 5.56 Å². The Morgan fingerprint density at radius 3 is 2.26 bits per heavy atom. The van der Waals surface area contributed by atoms with Crippen LogP contribution in [0, 0.1) is 0 Å². The molecule has 0 fully saturated rings. The number of hydrogen-bond acceptors (Lipinski definition) is 8. The van der Waals surface area contributed by atoms with Crippen molar-refractivity contribution in [3.05, 3.63) is 76.1 Å². The maximum Gasteiger partial charge on any atom is 0.312 e. The lowest BCUT2D eigenvalue weighted by atomic mass is 9.84. The average Bonchev–Trinajstić information content (AvgIpc) is 2.92. The van der Waals surface area contributed by atoms with Crippen LogP contribution in [0.4, 0.5) is 0 Å². The minimum Gasteiger partial charge on any atom is -0.497 e. The number of carbonyl (C=O) groups is 1. The molecule has 0 bridgehead atoms. The average molecular weight is 517 g/mol. The lowest BCUT2D eigenvalue weighted by Gasteiger charge is -2.27. The molecule has 1 aliphatic heterocycles. The Bertz CT molecular complexity index is 1570. The van der Waals surface area contributed by atoms with E-state index in [1.165, 1.54) is 13.4 Å². The minimum absolute atomic E-state index is 0.0364. The standard InChI is InChI=1S/C30H28O8/c1-16(2)37-22-11-8-18(12-23(22)34-4)20-13-26(31)38-25-14-24(35-5)28-29(32)21(15-36-30(28)27(20)25)17-6-9-19(33-3)10-7-17/h6-12,14-16,20H,13H2,1-5H3/t20-/m1/s1. The van der Waals surface area contributed by atoms with E-state index in [2.05, 4.69) is 0 Å². The van der Waals surface area contributed by atoms with Gasteiger partial charge < -0.3 is 28.1 Å². The number of methoxy groups -OCH3 is 3. The van der Waals surface area contributed by atoms with E-state index in [4.69, 9.17) is 28.1 Å². The highest BCUT2D eigenvalue weighted by atomic mass is 16.5. The minimum atomic E-state index is -0.448. The maximum absolute atomic E-state index is 13.8. The van der Waals surface area contributed by atoms with Gasteiger partial charge >= 0.3 is 5.97 Å². The van der Waals surface area contributed by atoms with Crippen molar-refractivity contribution in [2.45, 2.75) is 32.3 Å². The van der Waals surface area contributed by atoms with Gasteiger partial charge in [-0.15, -0.1) is 0 Å². The van der Waals surface area contributed by atoms with Crippen LogP contribution in [0.15, 0.2) is 64.0 Å². The third-order valence-electron chi connectivity index (χ3n) is 6.53. The summed E-state index contributed by atoms with van der Waals surface area (Å²) in [4.78, 5) is 26.4. The first-order valence-electron chi connectivity index (χ1n) is 12.2. The summed E-state index contributed by atoms with van der Waals surface area (Å²) in [5.74, 6) is 1.51. The van der Waals surface area contributed by atoms with E-state index in [0.29, 0.717) is 39.5 Å². The fourth-order valence-electron chi connectivity index (χ4n) is 4.79. The fraction of sp³-hybridized carbons (Fsp3) is 0.267. The first kappa shape index (κ1) is 25.2. The van der Waals surface area contributed by atoms with Crippen molar-refractivity contribution in [3.8, 4) is 39.9 Å². The zero-order chi connectivity index (χ0) is 27.0. The SMILES string of the molecule is COc1ccc(-c2coc3c4c(cc(OC)c3c2=O)OC(=O)C[C@@H]4c2ccc(OC(C)C)c(OC)c2)cc1. The molecule has 5 rings (SSSR count). The number of rotatable bonds is 7. The molecule has 4 aromatic rings. The van der Waals surface area contributed by atoms with Crippen LogP contribution in [0.2, 0.25) is 0 Å². The Morgan fingerprint density at radius 1 is 0.868 bits per heavy atom. The molecule has 0 saturated heterocycles. The molecule has 0 radical (unpaired) electrons. The van der Waals surface area contributed by atoms with E-state index in [-0.39, 0.29) is 34.8 Å². The number of hydrogen-bond donors (Lipinski definition) is 0. The molecule has 0 N–H and O–H groups in total. The molecule has 0 amide bonds. The van der Waals surface area contributed by atoms with Crippen LogP contribution in [0.1, 0.15) is 37.3 Å². The van der Waals surface area contributed by atoms with Crippen molar-refractivity contribution >= 4 is 16.9 Å². The van der Waals surface area contributed by atoms with Crippen LogP contribution < -0.4 is 29.1 Å². The topological polar surface area (TPSA) is 93.4 Å². The third kappa shape index (κ3) is 4.42. The summed E-state index contributed by atoms with van der Waals surface area (Å²) in [6.45, 7) is 3.87. The van der Waals surface area contributed by atoms with Gasteiger partial charge in [-0.1, -0.05) is 18.2 Å². The van der Waals surface area contributed by atoms with Gasteiger partial charge in [0.2, 0.25) is 5.43 Å². The summed E-state index contributed by atoms with van der Waals surface area (Å²) in [5.41, 5.74) is 2.49. The number of benzene rings is 3. The van der Waals surface area contributed by atoms with Crippen LogP contribution in [0.5, 0.6) is 28.7 Å². The molecule has 1 aromatic heterocycles. The Balaban J connectivity index is 1.71. The van der Waals surface area contributed by atoms with E-state index in [1.54, 1.807) is 44.6 Å². The molecule has 0 saturated carbocycles. The first-order chi connectivity index (χ1) is 18.3. The van der Waals surface area contributed by atoms with Crippen LogP contribution in [-0.4, -0.2) is 33.4 Å². The van der Waals surface area contributed by atoms with E-state index < -0.39 is 11.9 Å². The van der Waals surface area contributed by atoms with Gasteiger partial charge in [0.05, 0.1) is 39.4 Å². The van der Waals surface area contributed by atoms with Gasteiger partial charge in [-0.3, -0.25) is 9.59 Å². The molecule has 8 nitrogen and oxygen atoms in total.